The van der Waals surface area contributed by atoms with Gasteiger partial charge >= 0.3 is 0 Å². The van der Waals surface area contributed by atoms with E-state index in [4.69, 9.17) is 0 Å². The van der Waals surface area contributed by atoms with Crippen LogP contribution < -0.4 is 5.32 Å². The monoisotopic (exact) mass is 258 g/mol. The largest absolute Gasteiger partial charge is 0.369 e. The summed E-state index contributed by atoms with van der Waals surface area (Å²) < 4.78 is 3.42. The SMILES string of the molecule is Cn1cnc(CCNc2ncnc3c2cnn3C)n1. The van der Waals surface area contributed by atoms with Gasteiger partial charge in [0.2, 0.25) is 0 Å². The summed E-state index contributed by atoms with van der Waals surface area (Å²) in [5, 5.41) is 12.6. The Morgan fingerprint density at radius 3 is 2.89 bits per heavy atom. The van der Waals surface area contributed by atoms with E-state index in [1.807, 2.05) is 14.1 Å². The summed E-state index contributed by atoms with van der Waals surface area (Å²) >= 11 is 0. The average molecular weight is 258 g/mol. The van der Waals surface area contributed by atoms with Crippen molar-refractivity contribution in [3.63, 3.8) is 0 Å². The molecule has 0 saturated carbocycles. The van der Waals surface area contributed by atoms with Crippen LogP contribution in [0.4, 0.5) is 5.82 Å². The highest BCUT2D eigenvalue weighted by Crippen LogP contribution is 2.17. The van der Waals surface area contributed by atoms with E-state index in [1.165, 1.54) is 6.33 Å². The molecule has 0 saturated heterocycles. The summed E-state index contributed by atoms with van der Waals surface area (Å²) in [4.78, 5) is 12.6. The van der Waals surface area contributed by atoms with E-state index >= 15 is 0 Å². The minimum absolute atomic E-state index is 0.713. The zero-order valence-electron chi connectivity index (χ0n) is 10.8. The molecule has 3 heterocycles. The molecule has 0 radical (unpaired) electrons. The van der Waals surface area contributed by atoms with Crippen molar-refractivity contribution in [1.29, 1.82) is 0 Å². The Balaban J connectivity index is 1.71. The third-order valence-electron chi connectivity index (χ3n) is 2.82. The number of fused-ring (bicyclic) bond motifs is 1. The van der Waals surface area contributed by atoms with Crippen LogP contribution in [0, 0.1) is 0 Å². The number of hydrogen-bond donors (Lipinski definition) is 1. The van der Waals surface area contributed by atoms with Crippen molar-refractivity contribution in [2.75, 3.05) is 11.9 Å². The van der Waals surface area contributed by atoms with Crippen LogP contribution in [0.2, 0.25) is 0 Å². The molecule has 0 fully saturated rings. The van der Waals surface area contributed by atoms with Gasteiger partial charge in [0.05, 0.1) is 11.6 Å². The molecule has 1 N–H and O–H groups in total. The minimum atomic E-state index is 0.713. The molecule has 98 valence electrons. The van der Waals surface area contributed by atoms with Gasteiger partial charge in [-0.1, -0.05) is 0 Å². The first-order valence-electron chi connectivity index (χ1n) is 5.95. The van der Waals surface area contributed by atoms with E-state index in [0.717, 1.165) is 29.1 Å². The lowest BCUT2D eigenvalue weighted by atomic mass is 10.3. The van der Waals surface area contributed by atoms with Crippen LogP contribution in [0.3, 0.4) is 0 Å². The van der Waals surface area contributed by atoms with Crippen LogP contribution in [0.25, 0.3) is 11.0 Å². The molecule has 0 bridgehead atoms. The van der Waals surface area contributed by atoms with E-state index < -0.39 is 0 Å². The molecular weight excluding hydrogens is 244 g/mol. The van der Waals surface area contributed by atoms with E-state index in [2.05, 4.69) is 30.5 Å². The van der Waals surface area contributed by atoms with E-state index in [0.29, 0.717) is 6.54 Å². The maximum absolute atomic E-state index is 4.24. The molecule has 0 aliphatic rings. The predicted molar refractivity (Wildman–Crippen MR) is 69.5 cm³/mol. The van der Waals surface area contributed by atoms with Crippen LogP contribution in [-0.4, -0.2) is 41.1 Å². The van der Waals surface area contributed by atoms with Crippen molar-refractivity contribution in [3.05, 3.63) is 24.7 Å². The molecule has 8 nitrogen and oxygen atoms in total. The summed E-state index contributed by atoms with van der Waals surface area (Å²) in [6, 6.07) is 0. The number of aryl methyl sites for hydroxylation is 2. The Morgan fingerprint density at radius 1 is 1.21 bits per heavy atom. The Hall–Kier alpha value is -2.51. The van der Waals surface area contributed by atoms with Gasteiger partial charge in [0.15, 0.2) is 11.5 Å². The van der Waals surface area contributed by atoms with Gasteiger partial charge in [-0.3, -0.25) is 9.36 Å². The fraction of sp³-hybridized carbons (Fsp3) is 0.364. The third-order valence-corrected chi connectivity index (χ3v) is 2.82. The van der Waals surface area contributed by atoms with Crippen molar-refractivity contribution in [2.24, 2.45) is 14.1 Å². The molecule has 0 aliphatic carbocycles. The Morgan fingerprint density at radius 2 is 2.11 bits per heavy atom. The number of nitrogens with zero attached hydrogens (tertiary/aromatic N) is 7. The second-order valence-corrected chi connectivity index (χ2v) is 4.24. The van der Waals surface area contributed by atoms with Crippen LogP contribution in [0.15, 0.2) is 18.9 Å². The molecule has 8 heteroatoms. The fourth-order valence-electron chi connectivity index (χ4n) is 1.89. The molecule has 19 heavy (non-hydrogen) atoms. The van der Waals surface area contributed by atoms with Gasteiger partial charge in [-0.15, -0.1) is 0 Å². The molecule has 0 aromatic carbocycles. The summed E-state index contributed by atoms with van der Waals surface area (Å²) in [7, 11) is 3.71. The van der Waals surface area contributed by atoms with Crippen LogP contribution in [0.1, 0.15) is 5.82 Å². The molecular formula is C11H14N8. The molecule has 3 aromatic rings. The highest BCUT2D eigenvalue weighted by atomic mass is 15.3. The number of anilines is 1. The van der Waals surface area contributed by atoms with Gasteiger partial charge in [-0.05, 0) is 0 Å². The van der Waals surface area contributed by atoms with Gasteiger partial charge in [0.25, 0.3) is 0 Å². The number of rotatable bonds is 4. The van der Waals surface area contributed by atoms with Crippen molar-refractivity contribution in [2.45, 2.75) is 6.42 Å². The predicted octanol–water partition coefficient (Wildman–Crippen LogP) is 0.146. The van der Waals surface area contributed by atoms with Crippen molar-refractivity contribution in [3.8, 4) is 0 Å². The zero-order chi connectivity index (χ0) is 13.2. The van der Waals surface area contributed by atoms with Gasteiger partial charge < -0.3 is 5.32 Å². The lowest BCUT2D eigenvalue weighted by Crippen LogP contribution is -2.08. The lowest BCUT2D eigenvalue weighted by molar-refractivity contribution is 0.742. The minimum Gasteiger partial charge on any atom is -0.369 e. The zero-order valence-corrected chi connectivity index (χ0v) is 10.8. The lowest BCUT2D eigenvalue weighted by Gasteiger charge is -2.04. The topological polar surface area (TPSA) is 86.3 Å². The third kappa shape index (κ3) is 2.24. The Kier molecular flexibility index (Phi) is 2.82. The first kappa shape index (κ1) is 11.6. The fourth-order valence-corrected chi connectivity index (χ4v) is 1.89. The molecule has 0 unspecified atom stereocenters. The second kappa shape index (κ2) is 4.63. The first-order valence-corrected chi connectivity index (χ1v) is 5.95. The number of aromatic nitrogens is 7. The maximum Gasteiger partial charge on any atom is 0.163 e. The Bertz CT molecular complexity index is 698. The van der Waals surface area contributed by atoms with Gasteiger partial charge in [-0.2, -0.15) is 10.2 Å². The maximum atomic E-state index is 4.24. The standard InChI is InChI=1S/C11H14N8/c1-18-7-15-9(17-18)3-4-12-10-8-5-16-19(2)11(8)14-6-13-10/h5-7H,3-4H2,1-2H3,(H,12,13,14). The quantitative estimate of drug-likeness (QED) is 0.716. The Labute approximate surface area is 109 Å². The van der Waals surface area contributed by atoms with Crippen LogP contribution in [0.5, 0.6) is 0 Å². The normalized spacial score (nSPS) is 11.1. The van der Waals surface area contributed by atoms with Crippen molar-refractivity contribution < 1.29 is 0 Å². The molecule has 3 aromatic heterocycles. The van der Waals surface area contributed by atoms with Crippen molar-refractivity contribution in [1.82, 2.24) is 34.5 Å². The molecule has 3 rings (SSSR count). The molecule has 0 spiro atoms. The molecule has 0 aliphatic heterocycles. The van der Waals surface area contributed by atoms with Gasteiger partial charge in [0.1, 0.15) is 18.5 Å². The van der Waals surface area contributed by atoms with E-state index in [9.17, 15) is 0 Å². The molecule has 0 amide bonds. The highest BCUT2D eigenvalue weighted by Gasteiger charge is 2.07. The molecule has 0 atom stereocenters. The first-order chi connectivity index (χ1) is 9.24. The summed E-state index contributed by atoms with van der Waals surface area (Å²) in [6.45, 7) is 0.713. The number of hydrogen-bond acceptors (Lipinski definition) is 6. The van der Waals surface area contributed by atoms with Crippen LogP contribution >= 0.6 is 0 Å². The van der Waals surface area contributed by atoms with Crippen molar-refractivity contribution >= 4 is 16.9 Å². The van der Waals surface area contributed by atoms with Crippen LogP contribution in [-0.2, 0) is 20.5 Å². The smallest absolute Gasteiger partial charge is 0.163 e. The second-order valence-electron chi connectivity index (χ2n) is 4.24. The highest BCUT2D eigenvalue weighted by molar-refractivity contribution is 5.85. The average Bonchev–Trinajstić information content (AvgIpc) is 2.98. The summed E-state index contributed by atoms with van der Waals surface area (Å²) in [5.74, 6) is 1.60. The summed E-state index contributed by atoms with van der Waals surface area (Å²) in [5.41, 5.74) is 0.813. The van der Waals surface area contributed by atoms with Gasteiger partial charge in [-0.25, -0.2) is 15.0 Å². The number of nitrogens with one attached hydrogen (secondary N) is 1. The van der Waals surface area contributed by atoms with E-state index in [1.54, 1.807) is 21.9 Å². The van der Waals surface area contributed by atoms with E-state index in [-0.39, 0.29) is 0 Å². The van der Waals surface area contributed by atoms with Gasteiger partial charge in [0, 0.05) is 27.1 Å². The summed E-state index contributed by atoms with van der Waals surface area (Å²) in [6.07, 6.45) is 5.73.